The number of carboxylic acid groups (broad SMARTS) is 2. The van der Waals surface area contributed by atoms with E-state index >= 15 is 0 Å². The van der Waals surface area contributed by atoms with Gasteiger partial charge in [0.25, 0.3) is 0 Å². The first-order valence-corrected chi connectivity index (χ1v) is 0.651. The zero-order valence-electron chi connectivity index (χ0n) is 3.51. The Hall–Kier alpha value is 0.153. The van der Waals surface area contributed by atoms with Gasteiger partial charge in [0.15, 0.2) is 0 Å². The summed E-state index contributed by atoms with van der Waals surface area (Å²) >= 11 is 0. The van der Waals surface area contributed by atoms with Crippen LogP contribution < -0.4 is 0 Å². The Morgan fingerprint density at radius 3 is 1.60 bits per heavy atom. The number of hydrogen-bond donors (Lipinski definition) is 2. The quantitative estimate of drug-likeness (QED) is 0.566. The molecule has 0 amide bonds. The molecule has 0 aliphatic rings. The smallest absolute Gasteiger partial charge is 1.00 e. The zero-order valence-corrected chi connectivity index (χ0v) is 8.01. The van der Waals surface area contributed by atoms with Crippen LogP contribution in [0.5, 0.6) is 0 Å². The number of hydrogen-bond acceptors (Lipinski definition) is 1. The molecule has 0 spiro atoms. The molecule has 0 rings (SSSR count). The van der Waals surface area contributed by atoms with Gasteiger partial charge >= 0.3 is 33.8 Å². The minimum atomic E-state index is -1.83. The molecule has 0 unspecified atom stereocenters. The molecule has 0 saturated carbocycles. The number of carbonyl (C=O) groups is 1. The van der Waals surface area contributed by atoms with E-state index in [1.54, 1.807) is 0 Å². The van der Waals surface area contributed by atoms with E-state index in [0.29, 0.717) is 0 Å². The molecule has 32 valence electrons. The van der Waals surface area contributed by atoms with E-state index in [9.17, 15) is 0 Å². The average molecular weight is 275 g/mol. The van der Waals surface area contributed by atoms with Crippen molar-refractivity contribution in [2.75, 3.05) is 0 Å². The molecule has 0 saturated heterocycles. The Morgan fingerprint density at radius 2 is 1.60 bits per heavy atom. The first-order valence-electron chi connectivity index (χ1n) is 0.651. The van der Waals surface area contributed by atoms with Gasteiger partial charge in [0.05, 0.1) is 0 Å². The van der Waals surface area contributed by atoms with E-state index in [0.717, 1.165) is 0 Å². The van der Waals surface area contributed by atoms with Crippen LogP contribution in [0.4, 0.5) is 4.79 Å². The molecule has 5 heavy (non-hydrogen) atoms. The fourth-order valence-electron chi connectivity index (χ4n) is 0. The van der Waals surface area contributed by atoms with E-state index < -0.39 is 6.16 Å². The second-order valence-corrected chi connectivity index (χ2v) is 0.283. The summed E-state index contributed by atoms with van der Waals surface area (Å²) in [4.78, 5) is 8.56. The molecule has 0 atom stereocenters. The maximum absolute atomic E-state index is 8.56. The first-order chi connectivity index (χ1) is 1.73. The van der Waals surface area contributed by atoms with E-state index in [1.165, 1.54) is 0 Å². The van der Waals surface area contributed by atoms with Crippen molar-refractivity contribution < 1.29 is 16.4 Å². The maximum Gasteiger partial charge on any atom is 1.00 e. The van der Waals surface area contributed by atoms with E-state index in [1.807, 2.05) is 0 Å². The van der Waals surface area contributed by atoms with E-state index in [-0.39, 0.29) is 27.6 Å². The fraction of sp³-hybridized carbons (Fsp3) is 0. The third-order valence-electron chi connectivity index (χ3n) is 0. The van der Waals surface area contributed by atoms with Crippen molar-refractivity contribution in [2.45, 2.75) is 0 Å². The van der Waals surface area contributed by atoms with Crippen molar-refractivity contribution >= 4 is 32.4 Å². The molecule has 4 heteroatoms. The number of rotatable bonds is 0. The summed E-state index contributed by atoms with van der Waals surface area (Å²) < 4.78 is 0. The van der Waals surface area contributed by atoms with Gasteiger partial charge in [-0.05, 0) is 0 Å². The molecule has 0 bridgehead atoms. The molecule has 2 N–H and O–H groups in total. The molecular weight excluding hydrogens is 269 g/mol. The van der Waals surface area contributed by atoms with Crippen molar-refractivity contribution in [3.05, 3.63) is 0 Å². The van der Waals surface area contributed by atoms with Crippen LogP contribution >= 0.6 is 0 Å². The second-order valence-electron chi connectivity index (χ2n) is 0.283. The van der Waals surface area contributed by atoms with Gasteiger partial charge in [-0.2, -0.15) is 0 Å². The van der Waals surface area contributed by atoms with Gasteiger partial charge in [0, 0.05) is 0 Å². The molecule has 0 aliphatic heterocycles. The Bertz CT molecular complexity index is 33.8. The van der Waals surface area contributed by atoms with E-state index in [4.69, 9.17) is 15.0 Å². The maximum atomic E-state index is 8.56. The molecule has 0 aromatic heterocycles. The molecule has 0 aromatic carbocycles. The molecule has 0 heterocycles. The third kappa shape index (κ3) is 821. The monoisotopic (exact) mass is 275 g/mol. The SMILES string of the molecule is O=C(O)O.[BiH3].[H+]. The van der Waals surface area contributed by atoms with Gasteiger partial charge in [0.2, 0.25) is 0 Å². The summed E-state index contributed by atoms with van der Waals surface area (Å²) in [6.45, 7) is 0. The van der Waals surface area contributed by atoms with E-state index in [2.05, 4.69) is 0 Å². The van der Waals surface area contributed by atoms with Gasteiger partial charge in [-0.15, -0.1) is 0 Å². The Kier molecular flexibility index (Phi) is 7.43. The third-order valence-corrected chi connectivity index (χ3v) is 0. The topological polar surface area (TPSA) is 57.5 Å². The Labute approximate surface area is 49.2 Å². The van der Waals surface area contributed by atoms with Gasteiger partial charge in [-0.25, -0.2) is 4.79 Å². The predicted molar refractivity (Wildman–Crippen MR) is 21.7 cm³/mol. The Morgan fingerprint density at radius 1 is 1.60 bits per heavy atom. The van der Waals surface area contributed by atoms with Crippen molar-refractivity contribution in [1.82, 2.24) is 0 Å². The Balaban J connectivity index is -0.0000000450. The van der Waals surface area contributed by atoms with Crippen LogP contribution in [0.3, 0.4) is 0 Å². The molecule has 0 aromatic rings. The molecular formula is CH6BiO3+. The van der Waals surface area contributed by atoms with Gasteiger partial charge < -0.3 is 10.2 Å². The molecule has 0 fully saturated rings. The summed E-state index contributed by atoms with van der Waals surface area (Å²) in [7, 11) is 0. The van der Waals surface area contributed by atoms with Gasteiger partial charge in [-0.1, -0.05) is 0 Å². The van der Waals surface area contributed by atoms with Crippen LogP contribution in [-0.4, -0.2) is 42.6 Å². The fourth-order valence-corrected chi connectivity index (χ4v) is 0. The van der Waals surface area contributed by atoms with Crippen LogP contribution in [-0.2, 0) is 0 Å². The van der Waals surface area contributed by atoms with Crippen LogP contribution in [0, 0.1) is 0 Å². The van der Waals surface area contributed by atoms with Crippen LogP contribution in [0.2, 0.25) is 0 Å². The van der Waals surface area contributed by atoms with Crippen molar-refractivity contribution in [2.24, 2.45) is 0 Å². The summed E-state index contributed by atoms with van der Waals surface area (Å²) in [6, 6.07) is 0. The summed E-state index contributed by atoms with van der Waals surface area (Å²) in [5, 5.41) is 13.9. The molecule has 0 aliphatic carbocycles. The summed E-state index contributed by atoms with van der Waals surface area (Å²) in [5.74, 6) is 0. The van der Waals surface area contributed by atoms with Crippen molar-refractivity contribution in [3.8, 4) is 0 Å². The largest absolute Gasteiger partial charge is 1.00 e. The standard InChI is InChI=1S/CH2O3.Bi.3H/c2-1(3)4;;;;/h(H2,2,3,4);;;;/p+1. The first kappa shape index (κ1) is 8.94. The van der Waals surface area contributed by atoms with Crippen LogP contribution in [0.15, 0.2) is 0 Å². The summed E-state index contributed by atoms with van der Waals surface area (Å²) in [6.07, 6.45) is -1.83. The van der Waals surface area contributed by atoms with Crippen molar-refractivity contribution in [3.63, 3.8) is 0 Å². The predicted octanol–water partition coefficient (Wildman–Crippen LogP) is -0.849. The average Bonchev–Trinajstić information content (AvgIpc) is 0.811. The minimum absolute atomic E-state index is 0. The van der Waals surface area contributed by atoms with Gasteiger partial charge in [0.1, 0.15) is 0 Å². The van der Waals surface area contributed by atoms with Crippen LogP contribution in [0.1, 0.15) is 1.43 Å². The van der Waals surface area contributed by atoms with Gasteiger partial charge in [-0.3, -0.25) is 0 Å². The summed E-state index contributed by atoms with van der Waals surface area (Å²) in [5.41, 5.74) is 0. The zero-order chi connectivity index (χ0) is 3.58. The van der Waals surface area contributed by atoms with Crippen molar-refractivity contribution in [1.29, 1.82) is 0 Å². The minimum Gasteiger partial charge on any atom is 1.00 e. The normalized spacial score (nSPS) is 4.80. The van der Waals surface area contributed by atoms with Crippen LogP contribution in [0.25, 0.3) is 0 Å². The second kappa shape index (κ2) is 4.15. The molecule has 0 radical (unpaired) electrons. The molecule has 3 nitrogen and oxygen atoms in total.